The van der Waals surface area contributed by atoms with Crippen LogP contribution in [0.25, 0.3) is 11.0 Å². The molecule has 1 aromatic heterocycles. The largest absolute Gasteiger partial charge is 0.497 e. The van der Waals surface area contributed by atoms with E-state index < -0.39 is 12.1 Å². The summed E-state index contributed by atoms with van der Waals surface area (Å²) in [6.45, 7) is 0.912. The molecule has 0 spiro atoms. The zero-order chi connectivity index (χ0) is 24.9. The summed E-state index contributed by atoms with van der Waals surface area (Å²) >= 11 is 0. The lowest BCUT2D eigenvalue weighted by atomic mass is 9.96. The number of carbonyl (C=O) groups is 2. The van der Waals surface area contributed by atoms with Crippen LogP contribution >= 0.6 is 0 Å². The van der Waals surface area contributed by atoms with E-state index in [1.807, 2.05) is 24.3 Å². The van der Waals surface area contributed by atoms with E-state index in [1.54, 1.807) is 31.4 Å². The number of carboxylic acids is 1. The van der Waals surface area contributed by atoms with Crippen molar-refractivity contribution in [3.63, 3.8) is 0 Å². The Bertz CT molecular complexity index is 1100. The highest BCUT2D eigenvalue weighted by Gasteiger charge is 2.38. The summed E-state index contributed by atoms with van der Waals surface area (Å²) in [6.07, 6.45) is -3.33. The van der Waals surface area contributed by atoms with Crippen molar-refractivity contribution >= 4 is 22.9 Å². The molecule has 11 heteroatoms. The number of carbonyl (C=O) groups excluding carboxylic acids is 1. The third-order valence-corrected chi connectivity index (χ3v) is 5.52. The smallest absolute Gasteiger partial charge is 0.490 e. The van der Waals surface area contributed by atoms with Crippen molar-refractivity contribution in [3.8, 4) is 5.75 Å². The fraction of sp³-hybridized carbons (Fsp3) is 0.348. The topological polar surface area (TPSA) is 108 Å². The van der Waals surface area contributed by atoms with Crippen LogP contribution < -0.4 is 10.1 Å². The maximum Gasteiger partial charge on any atom is 0.490 e. The maximum atomic E-state index is 12.6. The third kappa shape index (κ3) is 6.25. The Morgan fingerprint density at radius 3 is 2.41 bits per heavy atom. The molecular formula is C23H25F3N4O4. The average molecular weight is 478 g/mol. The second kappa shape index (κ2) is 10.6. The minimum atomic E-state index is -5.08. The molecule has 3 N–H and O–H groups in total. The molecule has 182 valence electrons. The molecule has 1 aliphatic heterocycles. The van der Waals surface area contributed by atoms with Crippen LogP contribution in [0.5, 0.6) is 5.75 Å². The number of aliphatic carboxylic acids is 1. The molecule has 1 fully saturated rings. The number of alkyl halides is 3. The average Bonchev–Trinajstić information content (AvgIpc) is 3.24. The molecule has 0 radical (unpaired) electrons. The lowest BCUT2D eigenvalue weighted by molar-refractivity contribution is -0.192. The molecule has 3 aromatic rings. The van der Waals surface area contributed by atoms with Crippen LogP contribution in [-0.2, 0) is 4.79 Å². The van der Waals surface area contributed by atoms with E-state index in [0.717, 1.165) is 42.0 Å². The number of nitrogens with one attached hydrogen (secondary N) is 2. The minimum absolute atomic E-state index is 0.0458. The van der Waals surface area contributed by atoms with Crippen molar-refractivity contribution < 1.29 is 32.6 Å². The number of fused-ring (bicyclic) bond motifs is 1. The lowest BCUT2D eigenvalue weighted by Crippen LogP contribution is -2.45. The van der Waals surface area contributed by atoms with Gasteiger partial charge in [-0.15, -0.1) is 0 Å². The Morgan fingerprint density at radius 2 is 1.82 bits per heavy atom. The molecule has 0 bridgehead atoms. The molecule has 8 nitrogen and oxygen atoms in total. The van der Waals surface area contributed by atoms with Gasteiger partial charge < -0.3 is 20.1 Å². The van der Waals surface area contributed by atoms with E-state index in [0.29, 0.717) is 5.56 Å². The first-order chi connectivity index (χ1) is 16.1. The van der Waals surface area contributed by atoms with E-state index in [2.05, 4.69) is 22.2 Å². The van der Waals surface area contributed by atoms with Gasteiger partial charge in [0.2, 0.25) is 0 Å². The molecule has 2 heterocycles. The highest BCUT2D eigenvalue weighted by Crippen LogP contribution is 2.29. The van der Waals surface area contributed by atoms with E-state index >= 15 is 0 Å². The van der Waals surface area contributed by atoms with Crippen LogP contribution in [0, 0.1) is 0 Å². The zero-order valence-electron chi connectivity index (χ0n) is 18.6. The molecule has 1 saturated heterocycles. The van der Waals surface area contributed by atoms with Gasteiger partial charge in [-0.1, -0.05) is 12.1 Å². The molecule has 4 rings (SSSR count). The molecule has 1 amide bonds. The second-order valence-electron chi connectivity index (χ2n) is 7.86. The second-order valence-corrected chi connectivity index (χ2v) is 7.86. The van der Waals surface area contributed by atoms with Gasteiger partial charge in [0.05, 0.1) is 24.2 Å². The molecular weight excluding hydrogens is 453 g/mol. The van der Waals surface area contributed by atoms with Gasteiger partial charge in [0.15, 0.2) is 0 Å². The van der Waals surface area contributed by atoms with Crippen molar-refractivity contribution in [2.45, 2.75) is 31.1 Å². The normalized spacial score (nSPS) is 18.6. The molecule has 0 saturated carbocycles. The van der Waals surface area contributed by atoms with Gasteiger partial charge >= 0.3 is 12.1 Å². The van der Waals surface area contributed by atoms with Crippen molar-refractivity contribution in [1.82, 2.24) is 20.2 Å². The highest BCUT2D eigenvalue weighted by molar-refractivity contribution is 5.94. The quantitative estimate of drug-likeness (QED) is 0.527. The summed E-state index contributed by atoms with van der Waals surface area (Å²) in [4.78, 5) is 32.0. The van der Waals surface area contributed by atoms with Crippen molar-refractivity contribution in [2.24, 2.45) is 0 Å². The first kappa shape index (κ1) is 25.0. The van der Waals surface area contributed by atoms with Crippen molar-refractivity contribution in [1.29, 1.82) is 0 Å². The number of methoxy groups -OCH3 is 1. The van der Waals surface area contributed by atoms with E-state index in [9.17, 15) is 18.0 Å². The number of H-pyrrole nitrogens is 1. The van der Waals surface area contributed by atoms with Gasteiger partial charge in [-0.3, -0.25) is 9.69 Å². The Labute approximate surface area is 193 Å². The van der Waals surface area contributed by atoms with Gasteiger partial charge in [-0.05, 0) is 56.3 Å². The van der Waals surface area contributed by atoms with Gasteiger partial charge in [0.1, 0.15) is 11.6 Å². The molecule has 2 aromatic carbocycles. The van der Waals surface area contributed by atoms with Crippen LogP contribution in [0.15, 0.2) is 48.5 Å². The van der Waals surface area contributed by atoms with Gasteiger partial charge in [-0.2, -0.15) is 13.2 Å². The number of ether oxygens (including phenoxy) is 1. The number of aromatic amines is 1. The van der Waals surface area contributed by atoms with Crippen molar-refractivity contribution in [2.75, 3.05) is 20.7 Å². The van der Waals surface area contributed by atoms with Gasteiger partial charge in [-0.25, -0.2) is 9.78 Å². The summed E-state index contributed by atoms with van der Waals surface area (Å²) in [7, 11) is 3.73. The summed E-state index contributed by atoms with van der Waals surface area (Å²) in [5.74, 6) is -1.10. The number of carboxylic acid groups (broad SMARTS) is 1. The number of nitrogens with zero attached hydrogens (tertiary/aromatic N) is 2. The van der Waals surface area contributed by atoms with E-state index in [4.69, 9.17) is 19.6 Å². The number of hydrogen-bond acceptors (Lipinski definition) is 5. The van der Waals surface area contributed by atoms with Crippen LogP contribution in [-0.4, -0.2) is 64.8 Å². The number of piperidine rings is 1. The fourth-order valence-electron chi connectivity index (χ4n) is 3.68. The predicted octanol–water partition coefficient (Wildman–Crippen LogP) is 3.77. The number of hydrogen-bond donors (Lipinski definition) is 3. The standard InChI is InChI=1S/C21H24N4O2.C2HF3O2/c1-25-12-11-15(22-21(26)14-7-9-16(27-2)10-8-14)13-19(25)20-23-17-5-3-4-6-18(17)24-20;3-2(4,5)1(6)7/h3-10,15,19H,11-13H2,1-2H3,(H,22,26)(H,23,24);(H,6,7)/t15-,19-;/m1./s1. The minimum Gasteiger partial charge on any atom is -0.497 e. The summed E-state index contributed by atoms with van der Waals surface area (Å²) in [5, 5.41) is 10.3. The highest BCUT2D eigenvalue weighted by atomic mass is 19.4. The monoisotopic (exact) mass is 478 g/mol. The Hall–Kier alpha value is -3.60. The van der Waals surface area contributed by atoms with E-state index in [-0.39, 0.29) is 18.0 Å². The number of imidazole rings is 1. The number of likely N-dealkylation sites (tertiary alicyclic amines) is 1. The van der Waals surface area contributed by atoms with E-state index in [1.165, 1.54) is 0 Å². The molecule has 0 unspecified atom stereocenters. The number of rotatable bonds is 4. The maximum absolute atomic E-state index is 12.6. The van der Waals surface area contributed by atoms with Crippen LogP contribution in [0.3, 0.4) is 0 Å². The fourth-order valence-corrected chi connectivity index (χ4v) is 3.68. The summed E-state index contributed by atoms with van der Waals surface area (Å²) < 4.78 is 36.9. The number of benzene rings is 2. The van der Waals surface area contributed by atoms with Crippen molar-refractivity contribution in [3.05, 3.63) is 59.9 Å². The zero-order valence-corrected chi connectivity index (χ0v) is 18.6. The van der Waals surface area contributed by atoms with Crippen LogP contribution in [0.4, 0.5) is 13.2 Å². The number of amides is 1. The number of aromatic nitrogens is 2. The number of halogens is 3. The first-order valence-corrected chi connectivity index (χ1v) is 10.5. The predicted molar refractivity (Wildman–Crippen MR) is 119 cm³/mol. The molecule has 2 atom stereocenters. The third-order valence-electron chi connectivity index (χ3n) is 5.52. The summed E-state index contributed by atoms with van der Waals surface area (Å²) in [6, 6.07) is 15.5. The van der Waals surface area contributed by atoms with Crippen LogP contribution in [0.2, 0.25) is 0 Å². The summed E-state index contributed by atoms with van der Waals surface area (Å²) in [5.41, 5.74) is 2.67. The Balaban J connectivity index is 0.000000406. The Kier molecular flexibility index (Phi) is 7.77. The van der Waals surface area contributed by atoms with Crippen LogP contribution in [0.1, 0.15) is 35.1 Å². The number of para-hydroxylation sites is 2. The molecule has 1 aliphatic rings. The first-order valence-electron chi connectivity index (χ1n) is 10.5. The Morgan fingerprint density at radius 1 is 1.18 bits per heavy atom. The molecule has 34 heavy (non-hydrogen) atoms. The SMILES string of the molecule is COc1ccc(C(=O)N[C@@H]2CCN(C)[C@@H](c3nc4ccccc4[nH]3)C2)cc1.O=C(O)C(F)(F)F. The molecule has 0 aliphatic carbocycles. The lowest BCUT2D eigenvalue weighted by Gasteiger charge is -2.36. The van der Waals surface area contributed by atoms with Gasteiger partial charge in [0.25, 0.3) is 5.91 Å². The van der Waals surface area contributed by atoms with Gasteiger partial charge in [0, 0.05) is 18.2 Å².